The van der Waals surface area contributed by atoms with Crippen molar-refractivity contribution in [3.8, 4) is 0 Å². The number of ether oxygens (including phenoxy) is 1. The molecule has 120 valence electrons. The normalized spacial score (nSPS) is 16.3. The molecule has 0 aromatic heterocycles. The molecule has 0 aliphatic heterocycles. The van der Waals surface area contributed by atoms with E-state index in [4.69, 9.17) is 5.11 Å². The smallest absolute Gasteiger partial charge is 0.325 e. The fraction of sp³-hybridized carbons (Fsp3) is 0.786. The van der Waals surface area contributed by atoms with Crippen LogP contribution in [0.1, 0.15) is 45.4 Å². The van der Waals surface area contributed by atoms with Crippen LogP contribution in [0.4, 0.5) is 4.79 Å². The monoisotopic (exact) mass is 300 g/mol. The number of nitrogens with one attached hydrogen (secondary N) is 1. The number of urea groups is 1. The average Bonchev–Trinajstić information content (AvgIpc) is 2.85. The third kappa shape index (κ3) is 5.24. The standard InChI is InChI=1S/C14H24N2O5/c1-3-8-16(10-12(19)21-2)13(20)15-14(9-11(17)18)6-4-5-7-14/h3-10H2,1-2H3,(H,15,20)(H,17,18). The maximum absolute atomic E-state index is 12.3. The number of nitrogens with zero attached hydrogens (tertiary/aromatic N) is 1. The van der Waals surface area contributed by atoms with E-state index in [1.54, 1.807) is 0 Å². The second-order valence-electron chi connectivity index (χ2n) is 5.49. The highest BCUT2D eigenvalue weighted by atomic mass is 16.5. The highest BCUT2D eigenvalue weighted by Gasteiger charge is 2.38. The lowest BCUT2D eigenvalue weighted by atomic mass is 9.93. The molecule has 0 saturated heterocycles. The van der Waals surface area contributed by atoms with Crippen LogP contribution in [-0.4, -0.2) is 53.7 Å². The molecule has 1 rings (SSSR count). The number of carboxylic acid groups (broad SMARTS) is 1. The predicted molar refractivity (Wildman–Crippen MR) is 75.9 cm³/mol. The number of carboxylic acids is 1. The minimum Gasteiger partial charge on any atom is -0.481 e. The summed E-state index contributed by atoms with van der Waals surface area (Å²) in [6.45, 7) is 2.20. The molecular formula is C14H24N2O5. The zero-order chi connectivity index (χ0) is 15.9. The van der Waals surface area contributed by atoms with Crippen LogP contribution in [0.15, 0.2) is 0 Å². The molecule has 1 aliphatic carbocycles. The van der Waals surface area contributed by atoms with Gasteiger partial charge >= 0.3 is 18.0 Å². The first-order valence-corrected chi connectivity index (χ1v) is 7.28. The van der Waals surface area contributed by atoms with E-state index in [1.807, 2.05) is 6.92 Å². The minimum absolute atomic E-state index is 0.0864. The Morgan fingerprint density at radius 1 is 1.29 bits per heavy atom. The summed E-state index contributed by atoms with van der Waals surface area (Å²) in [4.78, 5) is 36.1. The molecule has 0 heterocycles. The van der Waals surface area contributed by atoms with Crippen molar-refractivity contribution >= 4 is 18.0 Å². The van der Waals surface area contributed by atoms with Gasteiger partial charge in [-0.2, -0.15) is 0 Å². The molecule has 2 amide bonds. The van der Waals surface area contributed by atoms with Crippen molar-refractivity contribution in [3.05, 3.63) is 0 Å². The van der Waals surface area contributed by atoms with Crippen molar-refractivity contribution in [2.75, 3.05) is 20.2 Å². The number of esters is 1. The fourth-order valence-corrected chi connectivity index (χ4v) is 2.74. The Balaban J connectivity index is 2.73. The van der Waals surface area contributed by atoms with Crippen molar-refractivity contribution in [1.82, 2.24) is 10.2 Å². The summed E-state index contributed by atoms with van der Waals surface area (Å²) in [5.74, 6) is -1.41. The second kappa shape index (κ2) is 7.85. The van der Waals surface area contributed by atoms with Crippen molar-refractivity contribution in [2.24, 2.45) is 0 Å². The molecule has 0 aromatic rings. The van der Waals surface area contributed by atoms with E-state index in [0.29, 0.717) is 25.8 Å². The van der Waals surface area contributed by atoms with Crippen molar-refractivity contribution < 1.29 is 24.2 Å². The molecule has 1 fully saturated rings. The quantitative estimate of drug-likeness (QED) is 0.692. The van der Waals surface area contributed by atoms with Crippen LogP contribution in [0.2, 0.25) is 0 Å². The third-order valence-electron chi connectivity index (χ3n) is 3.75. The largest absolute Gasteiger partial charge is 0.481 e. The average molecular weight is 300 g/mol. The van der Waals surface area contributed by atoms with Gasteiger partial charge in [0.1, 0.15) is 6.54 Å². The number of amides is 2. The van der Waals surface area contributed by atoms with Crippen LogP contribution in [0.25, 0.3) is 0 Å². The number of hydrogen-bond acceptors (Lipinski definition) is 4. The molecule has 1 aliphatic rings. The summed E-state index contributed by atoms with van der Waals surface area (Å²) >= 11 is 0. The second-order valence-corrected chi connectivity index (χ2v) is 5.49. The Kier molecular flexibility index (Phi) is 6.45. The molecule has 7 heteroatoms. The summed E-state index contributed by atoms with van der Waals surface area (Å²) in [6, 6.07) is -0.398. The SMILES string of the molecule is CCCN(CC(=O)OC)C(=O)NC1(CC(=O)O)CCCC1. The molecule has 2 N–H and O–H groups in total. The number of carbonyl (C=O) groups is 3. The van der Waals surface area contributed by atoms with E-state index >= 15 is 0 Å². The van der Waals surface area contributed by atoms with Gasteiger partial charge in [-0.1, -0.05) is 19.8 Å². The maximum atomic E-state index is 12.3. The Hall–Kier alpha value is -1.79. The molecule has 21 heavy (non-hydrogen) atoms. The summed E-state index contributed by atoms with van der Waals surface area (Å²) in [7, 11) is 1.27. The summed E-state index contributed by atoms with van der Waals surface area (Å²) in [5.41, 5.74) is -0.689. The number of carbonyl (C=O) groups excluding carboxylic acids is 2. The molecular weight excluding hydrogens is 276 g/mol. The van der Waals surface area contributed by atoms with E-state index in [1.165, 1.54) is 12.0 Å². The van der Waals surface area contributed by atoms with Crippen LogP contribution in [0.5, 0.6) is 0 Å². The number of hydrogen-bond donors (Lipinski definition) is 2. The van der Waals surface area contributed by atoms with Crippen LogP contribution in [0, 0.1) is 0 Å². The molecule has 0 atom stereocenters. The lowest BCUT2D eigenvalue weighted by Crippen LogP contribution is -2.54. The molecule has 7 nitrogen and oxygen atoms in total. The highest BCUT2D eigenvalue weighted by Crippen LogP contribution is 2.32. The van der Waals surface area contributed by atoms with E-state index in [-0.39, 0.29) is 13.0 Å². The first-order chi connectivity index (χ1) is 9.92. The van der Waals surface area contributed by atoms with E-state index in [2.05, 4.69) is 10.1 Å². The highest BCUT2D eigenvalue weighted by molar-refractivity contribution is 5.82. The Morgan fingerprint density at radius 2 is 1.90 bits per heavy atom. The van der Waals surface area contributed by atoms with Gasteiger partial charge in [0.25, 0.3) is 0 Å². The fourth-order valence-electron chi connectivity index (χ4n) is 2.74. The van der Waals surface area contributed by atoms with Gasteiger partial charge in [0, 0.05) is 6.54 Å². The van der Waals surface area contributed by atoms with Gasteiger partial charge in [-0.15, -0.1) is 0 Å². The molecule has 0 unspecified atom stereocenters. The zero-order valence-corrected chi connectivity index (χ0v) is 12.7. The lowest BCUT2D eigenvalue weighted by molar-refractivity contribution is -0.141. The van der Waals surface area contributed by atoms with Gasteiger partial charge in [-0.3, -0.25) is 9.59 Å². The van der Waals surface area contributed by atoms with Crippen LogP contribution in [-0.2, 0) is 14.3 Å². The first-order valence-electron chi connectivity index (χ1n) is 7.28. The van der Waals surface area contributed by atoms with Crippen molar-refractivity contribution in [1.29, 1.82) is 0 Å². The Labute approximate surface area is 124 Å². The Morgan fingerprint density at radius 3 is 2.38 bits per heavy atom. The topological polar surface area (TPSA) is 95.9 Å². The van der Waals surface area contributed by atoms with Crippen molar-refractivity contribution in [2.45, 2.75) is 51.0 Å². The summed E-state index contributed by atoms with van der Waals surface area (Å²) < 4.78 is 4.58. The van der Waals surface area contributed by atoms with Gasteiger partial charge in [0.2, 0.25) is 0 Å². The van der Waals surface area contributed by atoms with Gasteiger partial charge in [-0.25, -0.2) is 4.79 Å². The third-order valence-corrected chi connectivity index (χ3v) is 3.75. The van der Waals surface area contributed by atoms with Crippen LogP contribution >= 0.6 is 0 Å². The van der Waals surface area contributed by atoms with Gasteiger partial charge in [-0.05, 0) is 19.3 Å². The molecule has 1 saturated carbocycles. The van der Waals surface area contributed by atoms with Crippen molar-refractivity contribution in [3.63, 3.8) is 0 Å². The van der Waals surface area contributed by atoms with Gasteiger partial charge < -0.3 is 20.1 Å². The van der Waals surface area contributed by atoms with Gasteiger partial charge in [0.15, 0.2) is 0 Å². The van der Waals surface area contributed by atoms with Gasteiger partial charge in [0.05, 0.1) is 19.1 Å². The number of methoxy groups -OCH3 is 1. The molecule has 0 radical (unpaired) electrons. The molecule has 0 bridgehead atoms. The van der Waals surface area contributed by atoms with Crippen LogP contribution in [0.3, 0.4) is 0 Å². The first kappa shape index (κ1) is 17.3. The predicted octanol–water partition coefficient (Wildman–Crippen LogP) is 1.37. The summed E-state index contributed by atoms with van der Waals surface area (Å²) in [5, 5.41) is 11.9. The van der Waals surface area contributed by atoms with E-state index in [0.717, 1.165) is 12.8 Å². The molecule has 0 aromatic carbocycles. The van der Waals surface area contributed by atoms with E-state index in [9.17, 15) is 14.4 Å². The molecule has 0 spiro atoms. The Bertz CT molecular complexity index is 391. The minimum atomic E-state index is -0.924. The van der Waals surface area contributed by atoms with E-state index < -0.39 is 23.5 Å². The number of rotatable bonds is 7. The zero-order valence-electron chi connectivity index (χ0n) is 12.7. The van der Waals surface area contributed by atoms with Crippen LogP contribution < -0.4 is 5.32 Å². The summed E-state index contributed by atoms with van der Waals surface area (Å²) in [6.07, 6.45) is 3.73. The number of aliphatic carboxylic acids is 1. The lowest BCUT2D eigenvalue weighted by Gasteiger charge is -2.32. The maximum Gasteiger partial charge on any atom is 0.325 e.